The van der Waals surface area contributed by atoms with Gasteiger partial charge >= 0.3 is 5.97 Å². The molecule has 0 aliphatic heterocycles. The van der Waals surface area contributed by atoms with Crippen molar-refractivity contribution in [1.29, 1.82) is 0 Å². The van der Waals surface area contributed by atoms with Gasteiger partial charge in [0.15, 0.2) is 0 Å². The van der Waals surface area contributed by atoms with E-state index >= 15 is 0 Å². The van der Waals surface area contributed by atoms with E-state index in [1.807, 2.05) is 6.92 Å². The fourth-order valence-electron chi connectivity index (χ4n) is 2.72. The maximum Gasteiger partial charge on any atom is 0.306 e. The average Bonchev–Trinajstić information content (AvgIpc) is 2.10. The summed E-state index contributed by atoms with van der Waals surface area (Å²) >= 11 is 0. The third-order valence-electron chi connectivity index (χ3n) is 4.42. The van der Waals surface area contributed by atoms with E-state index in [4.69, 9.17) is 5.11 Å². The van der Waals surface area contributed by atoms with Crippen LogP contribution in [0.5, 0.6) is 0 Å². The highest BCUT2D eigenvalue weighted by molar-refractivity contribution is 5.70. The Hall–Kier alpha value is -0.530. The lowest BCUT2D eigenvalue weighted by molar-refractivity contribution is -0.148. The highest BCUT2D eigenvalue weighted by Gasteiger charge is 2.43. The number of carboxylic acids is 1. The molecule has 1 saturated carbocycles. The zero-order valence-electron chi connectivity index (χ0n) is 9.71. The number of carbonyl (C=O) groups is 1. The number of carboxylic acid groups (broad SMARTS) is 1. The van der Waals surface area contributed by atoms with Crippen LogP contribution in [0.2, 0.25) is 0 Å². The molecule has 1 aliphatic rings. The van der Waals surface area contributed by atoms with Crippen molar-refractivity contribution in [3.63, 3.8) is 0 Å². The normalized spacial score (nSPS) is 40.6. The Morgan fingerprint density at radius 3 is 2.50 bits per heavy atom. The van der Waals surface area contributed by atoms with Crippen molar-refractivity contribution in [2.75, 3.05) is 0 Å². The minimum Gasteiger partial charge on any atom is -0.481 e. The summed E-state index contributed by atoms with van der Waals surface area (Å²) in [5.41, 5.74) is -0.00164. The van der Waals surface area contributed by atoms with Gasteiger partial charge in [-0.2, -0.15) is 0 Å². The van der Waals surface area contributed by atoms with Crippen LogP contribution in [0.1, 0.15) is 47.0 Å². The van der Waals surface area contributed by atoms with Crippen molar-refractivity contribution in [3.05, 3.63) is 0 Å². The first-order chi connectivity index (χ1) is 6.38. The fraction of sp³-hybridized carbons (Fsp3) is 0.917. The summed E-state index contributed by atoms with van der Waals surface area (Å²) in [4.78, 5) is 11.0. The number of hydrogen-bond donors (Lipinski definition) is 1. The number of hydrogen-bond acceptors (Lipinski definition) is 1. The maximum absolute atomic E-state index is 11.0. The van der Waals surface area contributed by atoms with E-state index in [-0.39, 0.29) is 11.3 Å². The van der Waals surface area contributed by atoms with E-state index in [0.29, 0.717) is 5.92 Å². The lowest BCUT2D eigenvalue weighted by Crippen LogP contribution is -2.40. The van der Waals surface area contributed by atoms with E-state index in [2.05, 4.69) is 20.8 Å². The quantitative estimate of drug-likeness (QED) is 0.740. The molecule has 0 aromatic carbocycles. The lowest BCUT2D eigenvalue weighted by Gasteiger charge is -2.44. The third-order valence-corrected chi connectivity index (χ3v) is 4.42. The summed E-state index contributed by atoms with van der Waals surface area (Å²) in [6.07, 6.45) is 3.41. The van der Waals surface area contributed by atoms with Gasteiger partial charge in [-0.1, -0.05) is 34.1 Å². The molecule has 0 aromatic heterocycles. The van der Waals surface area contributed by atoms with Crippen LogP contribution >= 0.6 is 0 Å². The van der Waals surface area contributed by atoms with Crippen molar-refractivity contribution >= 4 is 5.97 Å². The summed E-state index contributed by atoms with van der Waals surface area (Å²) in [6, 6.07) is 0. The number of rotatable bonds is 2. The van der Waals surface area contributed by atoms with Gasteiger partial charge in [0, 0.05) is 0 Å². The Balaban J connectivity index is 2.78. The maximum atomic E-state index is 11.0. The second-order valence-corrected chi connectivity index (χ2v) is 5.35. The predicted octanol–water partition coefficient (Wildman–Crippen LogP) is 3.17. The molecule has 14 heavy (non-hydrogen) atoms. The molecule has 82 valence electrons. The lowest BCUT2D eigenvalue weighted by atomic mass is 9.60. The first-order valence-electron chi connectivity index (χ1n) is 5.60. The summed E-state index contributed by atoms with van der Waals surface area (Å²) in [7, 11) is 0. The molecule has 2 nitrogen and oxygen atoms in total. The van der Waals surface area contributed by atoms with Crippen molar-refractivity contribution in [2.45, 2.75) is 47.0 Å². The van der Waals surface area contributed by atoms with Gasteiger partial charge in [0.05, 0.1) is 5.92 Å². The van der Waals surface area contributed by atoms with Gasteiger partial charge in [0.1, 0.15) is 0 Å². The van der Waals surface area contributed by atoms with Crippen molar-refractivity contribution in [2.24, 2.45) is 23.2 Å². The Kier molecular flexibility index (Phi) is 3.23. The molecule has 1 aliphatic carbocycles. The third kappa shape index (κ3) is 1.94. The van der Waals surface area contributed by atoms with E-state index in [1.54, 1.807) is 0 Å². The fourth-order valence-corrected chi connectivity index (χ4v) is 2.72. The van der Waals surface area contributed by atoms with Gasteiger partial charge in [0.2, 0.25) is 0 Å². The summed E-state index contributed by atoms with van der Waals surface area (Å²) in [5, 5.41) is 9.08. The SMILES string of the molecule is CC1CCC(C)(C(C)C(=O)O)C(C)C1. The minimum absolute atomic E-state index is 0.00164. The molecular formula is C12H22O2. The van der Waals surface area contributed by atoms with E-state index in [0.717, 1.165) is 12.3 Å². The molecular weight excluding hydrogens is 176 g/mol. The van der Waals surface area contributed by atoms with Crippen LogP contribution in [0.4, 0.5) is 0 Å². The Morgan fingerprint density at radius 2 is 2.07 bits per heavy atom. The summed E-state index contributed by atoms with van der Waals surface area (Å²) < 4.78 is 0. The van der Waals surface area contributed by atoms with Crippen LogP contribution < -0.4 is 0 Å². The standard InChI is InChI=1S/C12H22O2/c1-8-5-6-12(4,9(2)7-8)10(3)11(13)14/h8-10H,5-7H2,1-4H3,(H,13,14). The van der Waals surface area contributed by atoms with Crippen LogP contribution in [0.3, 0.4) is 0 Å². The minimum atomic E-state index is -0.645. The Morgan fingerprint density at radius 1 is 1.50 bits per heavy atom. The topological polar surface area (TPSA) is 37.3 Å². The van der Waals surface area contributed by atoms with Crippen LogP contribution in [0.25, 0.3) is 0 Å². The molecule has 4 atom stereocenters. The zero-order chi connectivity index (χ0) is 10.9. The second kappa shape index (κ2) is 3.92. The van der Waals surface area contributed by atoms with Crippen molar-refractivity contribution in [1.82, 2.24) is 0 Å². The molecule has 0 amide bonds. The Bertz CT molecular complexity index is 224. The van der Waals surface area contributed by atoms with Gasteiger partial charge in [0.25, 0.3) is 0 Å². The molecule has 0 saturated heterocycles. The number of aliphatic carboxylic acids is 1. The molecule has 0 radical (unpaired) electrons. The molecule has 2 heteroatoms. The summed E-state index contributed by atoms with van der Waals surface area (Å²) in [5.74, 6) is 0.426. The van der Waals surface area contributed by atoms with Gasteiger partial charge in [-0.3, -0.25) is 4.79 Å². The van der Waals surface area contributed by atoms with Gasteiger partial charge in [-0.05, 0) is 30.1 Å². The molecule has 0 bridgehead atoms. The molecule has 4 unspecified atom stereocenters. The van der Waals surface area contributed by atoms with Crippen LogP contribution in [0.15, 0.2) is 0 Å². The molecule has 1 fully saturated rings. The van der Waals surface area contributed by atoms with Crippen molar-refractivity contribution < 1.29 is 9.90 Å². The largest absolute Gasteiger partial charge is 0.481 e. The monoisotopic (exact) mass is 198 g/mol. The first-order valence-corrected chi connectivity index (χ1v) is 5.60. The first kappa shape index (κ1) is 11.5. The van der Waals surface area contributed by atoms with Crippen LogP contribution in [-0.4, -0.2) is 11.1 Å². The van der Waals surface area contributed by atoms with Crippen molar-refractivity contribution in [3.8, 4) is 0 Å². The highest BCUT2D eigenvalue weighted by atomic mass is 16.4. The average molecular weight is 198 g/mol. The molecule has 0 spiro atoms. The van der Waals surface area contributed by atoms with E-state index in [9.17, 15) is 4.79 Å². The van der Waals surface area contributed by atoms with Crippen LogP contribution in [-0.2, 0) is 4.79 Å². The van der Waals surface area contributed by atoms with Gasteiger partial charge in [-0.25, -0.2) is 0 Å². The summed E-state index contributed by atoms with van der Waals surface area (Å²) in [6.45, 7) is 8.47. The zero-order valence-corrected chi connectivity index (χ0v) is 9.71. The smallest absolute Gasteiger partial charge is 0.306 e. The molecule has 1 N–H and O–H groups in total. The Labute approximate surface area is 86.7 Å². The van der Waals surface area contributed by atoms with Gasteiger partial charge in [-0.15, -0.1) is 0 Å². The van der Waals surface area contributed by atoms with Crippen LogP contribution in [0, 0.1) is 23.2 Å². The molecule has 0 heterocycles. The van der Waals surface area contributed by atoms with E-state index < -0.39 is 5.97 Å². The molecule has 1 rings (SSSR count). The van der Waals surface area contributed by atoms with E-state index in [1.165, 1.54) is 12.8 Å². The molecule has 0 aromatic rings. The van der Waals surface area contributed by atoms with Gasteiger partial charge < -0.3 is 5.11 Å². The second-order valence-electron chi connectivity index (χ2n) is 5.35. The highest BCUT2D eigenvalue weighted by Crippen LogP contribution is 2.48. The predicted molar refractivity (Wildman–Crippen MR) is 57.1 cm³/mol.